The summed E-state index contributed by atoms with van der Waals surface area (Å²) in [5.41, 5.74) is 1.42. The molecule has 2 rings (SSSR count). The van der Waals surface area contributed by atoms with Gasteiger partial charge in [-0.2, -0.15) is 0 Å². The van der Waals surface area contributed by atoms with Crippen molar-refractivity contribution in [3.8, 4) is 0 Å². The van der Waals surface area contributed by atoms with E-state index in [0.29, 0.717) is 0 Å². The van der Waals surface area contributed by atoms with Gasteiger partial charge in [-0.3, -0.25) is 0 Å². The molecular weight excluding hydrogens is 278 g/mol. The Bertz CT molecular complexity index is 511. The second-order valence-corrected chi connectivity index (χ2v) is 12.6. The summed E-state index contributed by atoms with van der Waals surface area (Å²) in [5, 5.41) is 3.70. The van der Waals surface area contributed by atoms with E-state index in [1.165, 1.54) is 10.4 Å². The molecule has 0 fully saturated rings. The molecule has 1 heterocycles. The topological polar surface area (TPSA) is 3.24 Å². The second kappa shape index (κ2) is 6.70. The van der Waals surface area contributed by atoms with Crippen LogP contribution < -0.4 is 5.19 Å². The third-order valence-corrected chi connectivity index (χ3v) is 6.59. The van der Waals surface area contributed by atoms with Gasteiger partial charge in [-0.25, -0.2) is 0 Å². The first-order chi connectivity index (χ1) is 9.45. The van der Waals surface area contributed by atoms with Crippen molar-refractivity contribution in [2.75, 3.05) is 13.6 Å². The number of hydrogen-bond donors (Lipinski definition) is 0. The van der Waals surface area contributed by atoms with Gasteiger partial charge in [0.2, 0.25) is 0 Å². The van der Waals surface area contributed by atoms with Crippen LogP contribution >= 0.6 is 11.3 Å². The number of nitrogens with zero attached hydrogens (tertiary/aromatic N) is 1. The normalized spacial score (nSPS) is 12.1. The molecule has 0 aliphatic carbocycles. The third kappa shape index (κ3) is 4.58. The van der Waals surface area contributed by atoms with Crippen molar-refractivity contribution in [1.29, 1.82) is 0 Å². The van der Waals surface area contributed by atoms with E-state index < -0.39 is 8.07 Å². The Labute approximate surface area is 128 Å². The summed E-state index contributed by atoms with van der Waals surface area (Å²) in [6, 6.07) is 13.6. The standard InChI is InChI=1S/C17H25NSSi/c1-18(12-11-16-6-5-13-19-16)14-15-7-9-17(10-8-15)20(2,3)4/h5-10,13H,11-12,14H2,1-4H3. The van der Waals surface area contributed by atoms with Crippen LogP contribution in [-0.4, -0.2) is 26.6 Å². The minimum Gasteiger partial charge on any atom is -0.302 e. The van der Waals surface area contributed by atoms with Crippen molar-refractivity contribution in [3.05, 3.63) is 52.2 Å². The highest BCUT2D eigenvalue weighted by Gasteiger charge is 2.15. The van der Waals surface area contributed by atoms with E-state index in [2.05, 4.69) is 73.4 Å². The van der Waals surface area contributed by atoms with Crippen LogP contribution in [0, 0.1) is 0 Å². The number of likely N-dealkylation sites (N-methyl/N-ethyl adjacent to an activating group) is 1. The maximum Gasteiger partial charge on any atom is 0.0775 e. The Hall–Kier alpha value is -0.903. The van der Waals surface area contributed by atoms with Crippen LogP contribution in [0.25, 0.3) is 0 Å². The summed E-state index contributed by atoms with van der Waals surface area (Å²) in [6.45, 7) is 9.35. The molecule has 108 valence electrons. The third-order valence-electron chi connectivity index (χ3n) is 3.59. The Balaban J connectivity index is 1.86. The summed E-state index contributed by atoms with van der Waals surface area (Å²) < 4.78 is 0. The molecule has 2 aromatic rings. The van der Waals surface area contributed by atoms with Crippen LogP contribution in [0.4, 0.5) is 0 Å². The van der Waals surface area contributed by atoms with Gasteiger partial charge in [-0.05, 0) is 30.5 Å². The molecule has 0 aliphatic heterocycles. The Morgan fingerprint density at radius 2 is 1.75 bits per heavy atom. The molecule has 3 heteroatoms. The highest BCUT2D eigenvalue weighted by molar-refractivity contribution is 7.09. The SMILES string of the molecule is CN(CCc1cccs1)Cc1ccc([Si](C)(C)C)cc1. The molecule has 0 spiro atoms. The van der Waals surface area contributed by atoms with Gasteiger partial charge < -0.3 is 4.90 Å². The summed E-state index contributed by atoms with van der Waals surface area (Å²) in [7, 11) is 1.05. The highest BCUT2D eigenvalue weighted by atomic mass is 32.1. The predicted molar refractivity (Wildman–Crippen MR) is 93.8 cm³/mol. The molecule has 0 amide bonds. The lowest BCUT2D eigenvalue weighted by atomic mass is 10.2. The fraction of sp³-hybridized carbons (Fsp3) is 0.412. The van der Waals surface area contributed by atoms with E-state index in [4.69, 9.17) is 0 Å². The van der Waals surface area contributed by atoms with Crippen molar-refractivity contribution in [3.63, 3.8) is 0 Å². The van der Waals surface area contributed by atoms with Crippen molar-refractivity contribution >= 4 is 24.6 Å². The lowest BCUT2D eigenvalue weighted by Crippen LogP contribution is -2.37. The molecular formula is C17H25NSSi. The first-order valence-corrected chi connectivity index (χ1v) is 11.6. The van der Waals surface area contributed by atoms with Gasteiger partial charge in [0.15, 0.2) is 0 Å². The molecule has 1 nitrogen and oxygen atoms in total. The van der Waals surface area contributed by atoms with E-state index in [9.17, 15) is 0 Å². The summed E-state index contributed by atoms with van der Waals surface area (Å²) in [5.74, 6) is 0. The Kier molecular flexibility index (Phi) is 5.19. The lowest BCUT2D eigenvalue weighted by Gasteiger charge is -2.19. The van der Waals surface area contributed by atoms with E-state index >= 15 is 0 Å². The maximum atomic E-state index is 2.41. The number of rotatable bonds is 6. The fourth-order valence-corrected chi connectivity index (χ4v) is 4.12. The zero-order valence-corrected chi connectivity index (χ0v) is 14.8. The zero-order chi connectivity index (χ0) is 14.6. The average Bonchev–Trinajstić information content (AvgIpc) is 2.89. The van der Waals surface area contributed by atoms with Crippen LogP contribution in [0.3, 0.4) is 0 Å². The zero-order valence-electron chi connectivity index (χ0n) is 13.0. The van der Waals surface area contributed by atoms with E-state index in [0.717, 1.165) is 19.5 Å². The van der Waals surface area contributed by atoms with Crippen LogP contribution in [0.15, 0.2) is 41.8 Å². The molecule has 0 bridgehead atoms. The monoisotopic (exact) mass is 303 g/mol. The number of benzene rings is 1. The molecule has 0 unspecified atom stereocenters. The predicted octanol–water partition coefficient (Wildman–Crippen LogP) is 3.97. The van der Waals surface area contributed by atoms with Gasteiger partial charge in [-0.15, -0.1) is 11.3 Å². The maximum absolute atomic E-state index is 2.41. The Morgan fingerprint density at radius 3 is 2.30 bits per heavy atom. The lowest BCUT2D eigenvalue weighted by molar-refractivity contribution is 0.332. The summed E-state index contributed by atoms with van der Waals surface area (Å²) in [6.07, 6.45) is 1.15. The van der Waals surface area contributed by atoms with E-state index in [1.807, 2.05) is 11.3 Å². The minimum atomic E-state index is -1.16. The van der Waals surface area contributed by atoms with Crippen molar-refractivity contribution in [2.45, 2.75) is 32.6 Å². The molecule has 0 N–H and O–H groups in total. The molecule has 1 aromatic carbocycles. The quantitative estimate of drug-likeness (QED) is 0.730. The molecule has 0 saturated heterocycles. The van der Waals surface area contributed by atoms with E-state index in [1.54, 1.807) is 5.19 Å². The van der Waals surface area contributed by atoms with Crippen LogP contribution in [0.1, 0.15) is 10.4 Å². The molecule has 0 saturated carbocycles. The highest BCUT2D eigenvalue weighted by Crippen LogP contribution is 2.11. The number of thiophene rings is 1. The van der Waals surface area contributed by atoms with Crippen molar-refractivity contribution in [2.24, 2.45) is 0 Å². The smallest absolute Gasteiger partial charge is 0.0775 e. The van der Waals surface area contributed by atoms with Gasteiger partial charge in [0.25, 0.3) is 0 Å². The van der Waals surface area contributed by atoms with Crippen molar-refractivity contribution in [1.82, 2.24) is 4.90 Å². The Morgan fingerprint density at radius 1 is 1.05 bits per heavy atom. The number of hydrogen-bond acceptors (Lipinski definition) is 2. The van der Waals surface area contributed by atoms with Gasteiger partial charge in [0.1, 0.15) is 0 Å². The average molecular weight is 304 g/mol. The van der Waals surface area contributed by atoms with Gasteiger partial charge in [0, 0.05) is 18.0 Å². The van der Waals surface area contributed by atoms with Crippen LogP contribution in [0.5, 0.6) is 0 Å². The van der Waals surface area contributed by atoms with Crippen molar-refractivity contribution < 1.29 is 0 Å². The largest absolute Gasteiger partial charge is 0.302 e. The van der Waals surface area contributed by atoms with Crippen LogP contribution in [-0.2, 0) is 13.0 Å². The first-order valence-electron chi connectivity index (χ1n) is 7.25. The van der Waals surface area contributed by atoms with Gasteiger partial charge in [0.05, 0.1) is 8.07 Å². The molecule has 0 radical (unpaired) electrons. The van der Waals surface area contributed by atoms with E-state index in [-0.39, 0.29) is 0 Å². The molecule has 20 heavy (non-hydrogen) atoms. The van der Waals surface area contributed by atoms with Gasteiger partial charge in [-0.1, -0.05) is 55.2 Å². The summed E-state index contributed by atoms with van der Waals surface area (Å²) >= 11 is 1.85. The first kappa shape index (κ1) is 15.5. The van der Waals surface area contributed by atoms with Crippen LogP contribution in [0.2, 0.25) is 19.6 Å². The van der Waals surface area contributed by atoms with Gasteiger partial charge >= 0.3 is 0 Å². The fourth-order valence-electron chi connectivity index (χ4n) is 2.26. The molecule has 0 atom stereocenters. The second-order valence-electron chi connectivity index (χ2n) is 6.51. The molecule has 1 aromatic heterocycles. The molecule has 0 aliphatic rings. The summed E-state index contributed by atoms with van der Waals surface area (Å²) in [4.78, 5) is 3.88. The minimum absolute atomic E-state index is 1.04.